The minimum atomic E-state index is -0.378. The summed E-state index contributed by atoms with van der Waals surface area (Å²) in [6.45, 7) is 1.78. The van der Waals surface area contributed by atoms with Gasteiger partial charge in [0.25, 0.3) is 11.8 Å². The molecule has 5 nitrogen and oxygen atoms in total. The largest absolute Gasteiger partial charge is 0.281 e. The van der Waals surface area contributed by atoms with E-state index in [4.69, 9.17) is 0 Å². The monoisotopic (exact) mass is 383 g/mol. The van der Waals surface area contributed by atoms with Gasteiger partial charge >= 0.3 is 0 Å². The Bertz CT molecular complexity index is 922. The number of aryl methyl sites for hydroxylation is 1. The third kappa shape index (κ3) is 4.12. The molecule has 0 spiro atoms. The summed E-state index contributed by atoms with van der Waals surface area (Å²) >= 11 is 2.90. The summed E-state index contributed by atoms with van der Waals surface area (Å²) in [6, 6.07) is 16.8. The van der Waals surface area contributed by atoms with E-state index in [-0.39, 0.29) is 11.8 Å². The van der Waals surface area contributed by atoms with Crippen LogP contribution < -0.4 is 10.9 Å². The fourth-order valence-electron chi connectivity index (χ4n) is 2.30. The highest BCUT2D eigenvalue weighted by molar-refractivity contribution is 7.98. The molecule has 0 aliphatic carbocycles. The molecule has 0 saturated carbocycles. The van der Waals surface area contributed by atoms with Gasteiger partial charge < -0.3 is 0 Å². The Labute approximate surface area is 159 Å². The number of hydrogen-bond donors (Lipinski definition) is 2. The fourth-order valence-corrected chi connectivity index (χ4v) is 3.67. The molecule has 0 atom stereocenters. The van der Waals surface area contributed by atoms with Crippen LogP contribution in [0.5, 0.6) is 0 Å². The molecule has 0 radical (unpaired) electrons. The van der Waals surface area contributed by atoms with E-state index >= 15 is 0 Å². The van der Waals surface area contributed by atoms with Gasteiger partial charge in [0.2, 0.25) is 0 Å². The smallest absolute Gasteiger partial charge is 0.267 e. The second-order valence-corrected chi connectivity index (χ2v) is 7.32. The molecular formula is C19H17N3O2S2. The average molecular weight is 383 g/mol. The Morgan fingerprint density at radius 3 is 2.27 bits per heavy atom. The first-order valence-electron chi connectivity index (χ1n) is 7.86. The predicted octanol–water partition coefficient (Wildman–Crippen LogP) is 3.92. The van der Waals surface area contributed by atoms with Crippen LogP contribution in [0, 0.1) is 6.92 Å². The molecule has 7 heteroatoms. The van der Waals surface area contributed by atoms with Crippen molar-refractivity contribution in [3.8, 4) is 10.6 Å². The normalized spacial score (nSPS) is 10.4. The predicted molar refractivity (Wildman–Crippen MR) is 105 cm³/mol. The molecule has 2 N–H and O–H groups in total. The second-order valence-electron chi connectivity index (χ2n) is 5.44. The van der Waals surface area contributed by atoms with Gasteiger partial charge in [0, 0.05) is 16.0 Å². The van der Waals surface area contributed by atoms with Crippen molar-refractivity contribution in [1.82, 2.24) is 15.8 Å². The van der Waals surface area contributed by atoms with E-state index in [9.17, 15) is 9.59 Å². The minimum absolute atomic E-state index is 0.364. The van der Waals surface area contributed by atoms with E-state index in [2.05, 4.69) is 15.8 Å². The maximum absolute atomic E-state index is 12.4. The molecule has 0 aliphatic heterocycles. The molecular weight excluding hydrogens is 366 g/mol. The maximum Gasteiger partial charge on any atom is 0.281 e. The first-order chi connectivity index (χ1) is 12.6. The topological polar surface area (TPSA) is 71.1 Å². The van der Waals surface area contributed by atoms with Gasteiger partial charge in [-0.1, -0.05) is 30.3 Å². The maximum atomic E-state index is 12.4. The van der Waals surface area contributed by atoms with E-state index in [1.54, 1.807) is 30.8 Å². The average Bonchev–Trinajstić information content (AvgIpc) is 3.08. The molecule has 26 heavy (non-hydrogen) atoms. The van der Waals surface area contributed by atoms with Crippen molar-refractivity contribution in [1.29, 1.82) is 0 Å². The Morgan fingerprint density at radius 1 is 0.962 bits per heavy atom. The number of rotatable bonds is 4. The van der Waals surface area contributed by atoms with Crippen molar-refractivity contribution in [2.75, 3.05) is 6.26 Å². The van der Waals surface area contributed by atoms with Crippen LogP contribution in [0.15, 0.2) is 59.5 Å². The highest BCUT2D eigenvalue weighted by Gasteiger charge is 2.17. The molecule has 0 fully saturated rings. The molecule has 3 rings (SSSR count). The standard InChI is InChI=1S/C19H17N3O2S2/c1-12-16(26-19(20-12)14-6-4-3-5-7-14)18(24)22-21-17(23)13-8-10-15(25-2)11-9-13/h3-11H,1-2H3,(H,21,23)(H,22,24). The highest BCUT2D eigenvalue weighted by Crippen LogP contribution is 2.27. The van der Waals surface area contributed by atoms with Crippen LogP contribution in [0.2, 0.25) is 0 Å². The number of thiazole rings is 1. The van der Waals surface area contributed by atoms with Crippen LogP contribution in [0.1, 0.15) is 25.7 Å². The van der Waals surface area contributed by atoms with Crippen LogP contribution in [0.4, 0.5) is 0 Å². The van der Waals surface area contributed by atoms with E-state index in [1.165, 1.54) is 11.3 Å². The molecule has 0 bridgehead atoms. The fraction of sp³-hybridized carbons (Fsp3) is 0.105. The summed E-state index contributed by atoms with van der Waals surface area (Å²) in [7, 11) is 0. The number of carbonyl (C=O) groups excluding carboxylic acids is 2. The summed E-state index contributed by atoms with van der Waals surface area (Å²) in [4.78, 5) is 30.5. The van der Waals surface area contributed by atoms with Gasteiger partial charge in [-0.25, -0.2) is 4.98 Å². The Balaban J connectivity index is 1.66. The van der Waals surface area contributed by atoms with Crippen LogP contribution >= 0.6 is 23.1 Å². The Morgan fingerprint density at radius 2 is 1.62 bits per heavy atom. The van der Waals surface area contributed by atoms with Crippen molar-refractivity contribution >= 4 is 34.9 Å². The van der Waals surface area contributed by atoms with Crippen LogP contribution in [-0.2, 0) is 0 Å². The molecule has 0 unspecified atom stereocenters. The molecule has 0 saturated heterocycles. The highest BCUT2D eigenvalue weighted by atomic mass is 32.2. The Hall–Kier alpha value is -2.64. The van der Waals surface area contributed by atoms with Gasteiger partial charge in [-0.2, -0.15) is 0 Å². The molecule has 2 aromatic carbocycles. The van der Waals surface area contributed by atoms with Crippen LogP contribution in [-0.4, -0.2) is 23.1 Å². The molecule has 0 aliphatic rings. The van der Waals surface area contributed by atoms with Crippen LogP contribution in [0.3, 0.4) is 0 Å². The first-order valence-corrected chi connectivity index (χ1v) is 9.90. The Kier molecular flexibility index (Phi) is 5.70. The third-order valence-electron chi connectivity index (χ3n) is 3.67. The summed E-state index contributed by atoms with van der Waals surface area (Å²) < 4.78 is 0. The number of hydrogen-bond acceptors (Lipinski definition) is 5. The quantitative estimate of drug-likeness (QED) is 0.529. The first kappa shape index (κ1) is 18.2. The van der Waals surface area contributed by atoms with Gasteiger partial charge in [-0.15, -0.1) is 23.1 Å². The van der Waals surface area contributed by atoms with Gasteiger partial charge in [0.1, 0.15) is 9.88 Å². The van der Waals surface area contributed by atoms with Gasteiger partial charge in [0.05, 0.1) is 5.69 Å². The number of nitrogens with one attached hydrogen (secondary N) is 2. The van der Waals surface area contributed by atoms with Gasteiger partial charge in [-0.05, 0) is 37.4 Å². The van der Waals surface area contributed by atoms with E-state index in [0.29, 0.717) is 16.1 Å². The zero-order valence-electron chi connectivity index (χ0n) is 14.3. The summed E-state index contributed by atoms with van der Waals surface area (Å²) in [5, 5.41) is 0.771. The van der Waals surface area contributed by atoms with Gasteiger partial charge in [0.15, 0.2) is 0 Å². The second kappa shape index (κ2) is 8.16. The number of aromatic nitrogens is 1. The van der Waals surface area contributed by atoms with E-state index in [0.717, 1.165) is 15.5 Å². The number of carbonyl (C=O) groups is 2. The summed E-state index contributed by atoms with van der Waals surface area (Å²) in [5.41, 5.74) is 6.97. The third-order valence-corrected chi connectivity index (χ3v) is 5.61. The van der Waals surface area contributed by atoms with Crippen molar-refractivity contribution in [2.45, 2.75) is 11.8 Å². The zero-order chi connectivity index (χ0) is 18.5. The SMILES string of the molecule is CSc1ccc(C(=O)NNC(=O)c2sc(-c3ccccc3)nc2C)cc1. The lowest BCUT2D eigenvalue weighted by atomic mass is 10.2. The molecule has 3 aromatic rings. The van der Waals surface area contributed by atoms with Crippen molar-refractivity contribution in [3.63, 3.8) is 0 Å². The number of hydrazine groups is 1. The number of benzene rings is 2. The lowest BCUT2D eigenvalue weighted by Crippen LogP contribution is -2.41. The van der Waals surface area contributed by atoms with Crippen molar-refractivity contribution < 1.29 is 9.59 Å². The van der Waals surface area contributed by atoms with Crippen molar-refractivity contribution in [3.05, 3.63) is 70.7 Å². The molecule has 1 heterocycles. The zero-order valence-corrected chi connectivity index (χ0v) is 15.9. The summed E-state index contributed by atoms with van der Waals surface area (Å²) in [5.74, 6) is -0.743. The number of nitrogens with zero attached hydrogens (tertiary/aromatic N) is 1. The van der Waals surface area contributed by atoms with Crippen molar-refractivity contribution in [2.24, 2.45) is 0 Å². The van der Waals surface area contributed by atoms with Gasteiger partial charge in [-0.3, -0.25) is 20.4 Å². The van der Waals surface area contributed by atoms with E-state index < -0.39 is 0 Å². The summed E-state index contributed by atoms with van der Waals surface area (Å²) in [6.07, 6.45) is 1.97. The molecule has 1 aromatic heterocycles. The lowest BCUT2D eigenvalue weighted by Gasteiger charge is -2.07. The lowest BCUT2D eigenvalue weighted by molar-refractivity contribution is 0.0848. The van der Waals surface area contributed by atoms with E-state index in [1.807, 2.05) is 48.7 Å². The number of amides is 2. The minimum Gasteiger partial charge on any atom is -0.267 e. The molecule has 132 valence electrons. The number of thioether (sulfide) groups is 1. The van der Waals surface area contributed by atoms with Crippen LogP contribution in [0.25, 0.3) is 10.6 Å². The molecule has 2 amide bonds.